The van der Waals surface area contributed by atoms with Crippen LogP contribution in [0.1, 0.15) is 41.5 Å². The first kappa shape index (κ1) is 25.3. The third kappa shape index (κ3) is 19.3. The smallest absolute Gasteiger partial charge is 0.807 e. The molecule has 0 spiro atoms. The molecule has 0 aromatic carbocycles. The third-order valence-electron chi connectivity index (χ3n) is 1.63. The van der Waals surface area contributed by atoms with Crippen LogP contribution in [0, 0.1) is 0 Å². The first-order chi connectivity index (χ1) is 8.24. The van der Waals surface area contributed by atoms with Crippen molar-refractivity contribution in [2.75, 3.05) is 26.4 Å². The fourth-order valence-electron chi connectivity index (χ4n) is 1.13. The maximum atomic E-state index is 10.9. The van der Waals surface area contributed by atoms with Gasteiger partial charge in [0.1, 0.15) is 0 Å². The Bertz CT molecular complexity index is 151. The second kappa shape index (κ2) is 14.3. The minimum absolute atomic E-state index is 0. The fourth-order valence-corrected chi connectivity index (χ4v) is 1.13. The Labute approximate surface area is 156 Å². The Morgan fingerprint density at radius 2 is 0.789 bits per heavy atom. The molecule has 0 radical (unpaired) electrons. The summed E-state index contributed by atoms with van der Waals surface area (Å²) >= 11 is 0. The van der Waals surface area contributed by atoms with E-state index in [9.17, 15) is 10.2 Å². The first-order valence-electron chi connectivity index (χ1n) is 6.21. The van der Waals surface area contributed by atoms with Crippen LogP contribution in [0.4, 0.5) is 0 Å². The average Bonchev–Trinajstić information content (AvgIpc) is 2.17. The molecule has 0 saturated heterocycles. The Balaban J connectivity index is -0.000000256. The van der Waals surface area contributed by atoms with E-state index in [2.05, 4.69) is 0 Å². The molecule has 0 aliphatic rings. The Hall–Kier alpha value is 1.33. The van der Waals surface area contributed by atoms with Crippen LogP contribution in [0.5, 0.6) is 0 Å². The predicted octanol–water partition coefficient (Wildman–Crippen LogP) is -0.194. The molecule has 0 bridgehead atoms. The molecule has 0 amide bonds. The molecule has 112 valence electrons. The van der Waals surface area contributed by atoms with E-state index < -0.39 is 11.9 Å². The topological polar surface area (TPSA) is 83.0 Å². The molecule has 0 unspecified atom stereocenters. The van der Waals surface area contributed by atoms with Gasteiger partial charge in [0.05, 0.1) is 11.9 Å². The maximum Gasteiger partial charge on any atom is 2.00 e. The summed E-state index contributed by atoms with van der Waals surface area (Å²) in [6.45, 7) is 11.3. The zero-order chi connectivity index (χ0) is 14.7. The Kier molecular flexibility index (Phi) is 19.0. The Morgan fingerprint density at radius 3 is 0.895 bits per heavy atom. The van der Waals surface area contributed by atoms with Crippen LogP contribution in [-0.4, -0.2) is 87.3 Å². The zero-order valence-electron chi connectivity index (χ0n) is 13.0. The van der Waals surface area contributed by atoms with Gasteiger partial charge in [-0.3, -0.25) is 0 Å². The molecular weight excluding hydrogens is 377 g/mol. The summed E-state index contributed by atoms with van der Waals surface area (Å²) in [7, 11) is 0. The number of rotatable bonds is 8. The van der Waals surface area contributed by atoms with E-state index in [1.165, 1.54) is 13.8 Å². The molecule has 7 heteroatoms. The van der Waals surface area contributed by atoms with Crippen molar-refractivity contribution in [1.82, 2.24) is 0 Å². The molecular formula is C12H26BaO6. The van der Waals surface area contributed by atoms with Gasteiger partial charge in [-0.2, -0.15) is 0 Å². The van der Waals surface area contributed by atoms with Gasteiger partial charge in [0, 0.05) is 26.4 Å². The molecule has 0 atom stereocenters. The van der Waals surface area contributed by atoms with E-state index in [0.717, 1.165) is 0 Å². The molecule has 0 aliphatic carbocycles. The van der Waals surface area contributed by atoms with E-state index >= 15 is 0 Å². The van der Waals surface area contributed by atoms with Gasteiger partial charge < -0.3 is 29.2 Å². The molecule has 0 aromatic heterocycles. The summed E-state index contributed by atoms with van der Waals surface area (Å²) in [6.07, 6.45) is 0. The first-order valence-corrected chi connectivity index (χ1v) is 6.21. The number of hydrogen-bond donors (Lipinski definition) is 0. The van der Waals surface area contributed by atoms with Crippen molar-refractivity contribution < 1.29 is 29.2 Å². The summed E-state index contributed by atoms with van der Waals surface area (Å²) in [5.74, 6) is -3.30. The number of ether oxygens (including phenoxy) is 4. The van der Waals surface area contributed by atoms with Crippen molar-refractivity contribution in [3.63, 3.8) is 0 Å². The summed E-state index contributed by atoms with van der Waals surface area (Å²) in [6, 6.07) is 0. The van der Waals surface area contributed by atoms with Crippen LogP contribution in [0.15, 0.2) is 0 Å². The third-order valence-corrected chi connectivity index (χ3v) is 1.63. The molecule has 0 aliphatic heterocycles. The van der Waals surface area contributed by atoms with Crippen molar-refractivity contribution in [3.05, 3.63) is 0 Å². The second-order valence-corrected chi connectivity index (χ2v) is 3.46. The summed E-state index contributed by atoms with van der Waals surface area (Å²) in [5, 5.41) is 21.7. The molecule has 19 heavy (non-hydrogen) atoms. The molecule has 0 heterocycles. The van der Waals surface area contributed by atoms with Gasteiger partial charge in [0.15, 0.2) is 0 Å². The second-order valence-electron chi connectivity index (χ2n) is 3.46. The van der Waals surface area contributed by atoms with Crippen molar-refractivity contribution in [3.8, 4) is 0 Å². The maximum absolute atomic E-state index is 10.9. The van der Waals surface area contributed by atoms with E-state index in [-0.39, 0.29) is 48.9 Å². The van der Waals surface area contributed by atoms with Gasteiger partial charge in [-0.1, -0.05) is 0 Å². The standard InChI is InChI=1S/2C6H13O3.Ba/c2*1-4-8-6(3,7)9-5-2;/h2*4-5H2,1-3H3;/q2*-1;+2. The number of hydrogen-bond acceptors (Lipinski definition) is 6. The van der Waals surface area contributed by atoms with Crippen molar-refractivity contribution in [2.24, 2.45) is 0 Å². The van der Waals surface area contributed by atoms with Crippen LogP contribution in [-0.2, 0) is 18.9 Å². The van der Waals surface area contributed by atoms with Crippen molar-refractivity contribution >= 4 is 48.9 Å². The fraction of sp³-hybridized carbons (Fsp3) is 1.00. The summed E-state index contributed by atoms with van der Waals surface area (Å²) in [5.41, 5.74) is 0. The summed E-state index contributed by atoms with van der Waals surface area (Å²) in [4.78, 5) is 0. The van der Waals surface area contributed by atoms with Gasteiger partial charge in [0.2, 0.25) is 0 Å². The minimum Gasteiger partial charge on any atom is -0.807 e. The average molecular weight is 404 g/mol. The normalized spacial score (nSPS) is 11.4. The van der Waals surface area contributed by atoms with Crippen LogP contribution in [0.2, 0.25) is 0 Å². The van der Waals surface area contributed by atoms with Crippen LogP contribution >= 0.6 is 0 Å². The minimum atomic E-state index is -1.65. The van der Waals surface area contributed by atoms with Gasteiger partial charge in [0.25, 0.3) is 0 Å². The van der Waals surface area contributed by atoms with E-state index in [1.807, 2.05) is 0 Å². The molecule has 0 N–H and O–H groups in total. The summed E-state index contributed by atoms with van der Waals surface area (Å²) < 4.78 is 18.8. The largest absolute Gasteiger partial charge is 2.00 e. The SMILES string of the molecule is CCOC(C)([O-])OCC.CCOC(C)([O-])OCC.[Ba+2]. The molecule has 0 saturated carbocycles. The van der Waals surface area contributed by atoms with Crippen molar-refractivity contribution in [1.29, 1.82) is 0 Å². The van der Waals surface area contributed by atoms with Gasteiger partial charge in [-0.15, -0.1) is 0 Å². The zero-order valence-corrected chi connectivity index (χ0v) is 17.4. The predicted molar refractivity (Wildman–Crippen MR) is 69.1 cm³/mol. The van der Waals surface area contributed by atoms with Gasteiger partial charge in [-0.25, -0.2) is 0 Å². The quantitative estimate of drug-likeness (QED) is 0.412. The van der Waals surface area contributed by atoms with Crippen molar-refractivity contribution in [2.45, 2.75) is 53.5 Å². The monoisotopic (exact) mass is 404 g/mol. The molecule has 6 nitrogen and oxygen atoms in total. The van der Waals surface area contributed by atoms with E-state index in [1.54, 1.807) is 27.7 Å². The van der Waals surface area contributed by atoms with Crippen LogP contribution < -0.4 is 10.2 Å². The molecule has 0 fully saturated rings. The van der Waals surface area contributed by atoms with Crippen LogP contribution in [0.25, 0.3) is 0 Å². The molecule has 0 aromatic rings. The Morgan fingerprint density at radius 1 is 0.632 bits per heavy atom. The van der Waals surface area contributed by atoms with Gasteiger partial charge >= 0.3 is 48.9 Å². The molecule has 0 rings (SSSR count). The van der Waals surface area contributed by atoms with E-state index in [4.69, 9.17) is 18.9 Å². The van der Waals surface area contributed by atoms with E-state index in [0.29, 0.717) is 26.4 Å². The van der Waals surface area contributed by atoms with Gasteiger partial charge in [-0.05, 0) is 41.5 Å². The van der Waals surface area contributed by atoms with Crippen LogP contribution in [0.3, 0.4) is 0 Å².